The molecule has 0 aromatic heterocycles. The molecule has 1 saturated carbocycles. The fourth-order valence-corrected chi connectivity index (χ4v) is 5.49. The van der Waals surface area contributed by atoms with Crippen LogP contribution in [0.5, 0.6) is 5.75 Å². The van der Waals surface area contributed by atoms with Crippen molar-refractivity contribution in [1.29, 1.82) is 0 Å². The lowest BCUT2D eigenvalue weighted by Crippen LogP contribution is -2.33. The van der Waals surface area contributed by atoms with Gasteiger partial charge in [0.2, 0.25) is 10.0 Å². The normalized spacial score (nSPS) is 14.6. The number of sulfonamides is 1. The van der Waals surface area contributed by atoms with Gasteiger partial charge >= 0.3 is 0 Å². The summed E-state index contributed by atoms with van der Waals surface area (Å²) in [6, 6.07) is 9.50. The molecule has 0 unspecified atom stereocenters. The Kier molecular flexibility index (Phi) is 7.63. The highest BCUT2D eigenvalue weighted by atomic mass is 35.5. The minimum atomic E-state index is -3.80. The maximum absolute atomic E-state index is 12.9. The van der Waals surface area contributed by atoms with Crippen molar-refractivity contribution in [1.82, 2.24) is 10.0 Å². The van der Waals surface area contributed by atoms with E-state index in [1.54, 1.807) is 12.1 Å². The van der Waals surface area contributed by atoms with E-state index in [0.717, 1.165) is 31.2 Å². The molecule has 1 aliphatic rings. The molecule has 0 heterocycles. The Labute approximate surface area is 187 Å². The van der Waals surface area contributed by atoms with E-state index in [-0.39, 0.29) is 28.2 Å². The lowest BCUT2D eigenvalue weighted by atomic mass is 10.1. The number of carbonyl (C=O) groups excluding carboxylic acids is 1. The summed E-state index contributed by atoms with van der Waals surface area (Å²) in [5.74, 6) is -0.176. The smallest absolute Gasteiger partial charge is 0.251 e. The molecule has 0 bridgehead atoms. The van der Waals surface area contributed by atoms with Gasteiger partial charge in [0.05, 0.1) is 7.11 Å². The average molecular weight is 471 g/mol. The highest BCUT2D eigenvalue weighted by Gasteiger charge is 2.26. The summed E-state index contributed by atoms with van der Waals surface area (Å²) in [6.45, 7) is 0.342. The minimum absolute atomic E-state index is 0.0368. The zero-order valence-electron chi connectivity index (χ0n) is 16.6. The zero-order chi connectivity index (χ0) is 21.7. The second-order valence-corrected chi connectivity index (χ2v) is 9.74. The maximum Gasteiger partial charge on any atom is 0.251 e. The molecule has 2 aromatic carbocycles. The maximum atomic E-state index is 12.9. The van der Waals surface area contributed by atoms with Crippen LogP contribution in [0.2, 0.25) is 10.0 Å². The molecule has 0 atom stereocenters. The van der Waals surface area contributed by atoms with Crippen LogP contribution in [0.4, 0.5) is 0 Å². The third-order valence-corrected chi connectivity index (χ3v) is 7.22. The van der Waals surface area contributed by atoms with Crippen molar-refractivity contribution in [3.8, 4) is 5.75 Å². The molecule has 0 spiro atoms. The van der Waals surface area contributed by atoms with Crippen LogP contribution in [0.15, 0.2) is 41.3 Å². The first-order valence-electron chi connectivity index (χ1n) is 9.72. The van der Waals surface area contributed by atoms with Gasteiger partial charge in [0.15, 0.2) is 0 Å². The van der Waals surface area contributed by atoms with Gasteiger partial charge in [0, 0.05) is 28.2 Å². The summed E-state index contributed by atoms with van der Waals surface area (Å²) in [4.78, 5) is 12.5. The van der Waals surface area contributed by atoms with Crippen molar-refractivity contribution in [2.24, 2.45) is 0 Å². The van der Waals surface area contributed by atoms with Crippen LogP contribution in [0.25, 0.3) is 0 Å². The van der Waals surface area contributed by atoms with Crippen LogP contribution in [0.1, 0.15) is 41.6 Å². The number of amides is 1. The molecule has 3 rings (SSSR count). The highest BCUT2D eigenvalue weighted by Crippen LogP contribution is 2.27. The van der Waals surface area contributed by atoms with Crippen molar-refractivity contribution in [3.05, 3.63) is 57.6 Å². The van der Waals surface area contributed by atoms with Gasteiger partial charge < -0.3 is 10.1 Å². The predicted octanol–water partition coefficient (Wildman–Crippen LogP) is 4.20. The molecule has 2 aromatic rings. The summed E-state index contributed by atoms with van der Waals surface area (Å²) >= 11 is 12.0. The highest BCUT2D eigenvalue weighted by molar-refractivity contribution is 7.89. The first-order chi connectivity index (χ1) is 14.3. The summed E-state index contributed by atoms with van der Waals surface area (Å²) in [7, 11) is -2.40. The van der Waals surface area contributed by atoms with E-state index in [1.165, 1.54) is 25.3 Å². The van der Waals surface area contributed by atoms with Gasteiger partial charge in [-0.05, 0) is 55.2 Å². The van der Waals surface area contributed by atoms with Crippen LogP contribution in [-0.4, -0.2) is 34.0 Å². The quantitative estimate of drug-likeness (QED) is 0.605. The lowest BCUT2D eigenvalue weighted by molar-refractivity contribution is 0.0954. The van der Waals surface area contributed by atoms with Crippen LogP contribution in [0.3, 0.4) is 0 Å². The minimum Gasteiger partial charge on any atom is -0.495 e. The molecule has 162 valence electrons. The average Bonchev–Trinajstić information content (AvgIpc) is 3.21. The van der Waals surface area contributed by atoms with Gasteiger partial charge in [-0.2, -0.15) is 0 Å². The van der Waals surface area contributed by atoms with Crippen LogP contribution in [0, 0.1) is 0 Å². The molecule has 1 amide bonds. The molecular weight excluding hydrogens is 447 g/mol. The number of rotatable bonds is 8. The fourth-order valence-electron chi connectivity index (χ4n) is 3.49. The number of hydrogen-bond donors (Lipinski definition) is 2. The summed E-state index contributed by atoms with van der Waals surface area (Å²) in [5.41, 5.74) is 1.10. The standard InChI is InChI=1S/C21H24Cl2N2O4S/c1-29-19-9-7-15(12-20(19)30(27,28)25-17-4-2-3-5-17)21(26)24-11-10-14-6-8-16(22)13-18(14)23/h6-9,12-13,17,25H,2-5,10-11H2,1H3,(H,24,26). The number of nitrogens with one attached hydrogen (secondary N) is 2. The van der Waals surface area contributed by atoms with E-state index in [0.29, 0.717) is 23.0 Å². The molecule has 0 aliphatic heterocycles. The molecule has 6 nitrogen and oxygen atoms in total. The van der Waals surface area contributed by atoms with Crippen LogP contribution < -0.4 is 14.8 Å². The topological polar surface area (TPSA) is 84.5 Å². The van der Waals surface area contributed by atoms with E-state index in [2.05, 4.69) is 10.0 Å². The Bertz CT molecular complexity index is 1020. The Morgan fingerprint density at radius 2 is 1.87 bits per heavy atom. The van der Waals surface area contributed by atoms with Crippen molar-refractivity contribution in [3.63, 3.8) is 0 Å². The van der Waals surface area contributed by atoms with Gasteiger partial charge in [-0.1, -0.05) is 42.1 Å². The molecule has 2 N–H and O–H groups in total. The molecule has 0 radical (unpaired) electrons. The SMILES string of the molecule is COc1ccc(C(=O)NCCc2ccc(Cl)cc2Cl)cc1S(=O)(=O)NC1CCCC1. The number of carbonyl (C=O) groups is 1. The van der Waals surface area contributed by atoms with Crippen molar-refractivity contribution in [2.45, 2.75) is 43.0 Å². The number of benzene rings is 2. The Balaban J connectivity index is 1.70. The first kappa shape index (κ1) is 22.9. The Morgan fingerprint density at radius 3 is 2.53 bits per heavy atom. The molecule has 1 aliphatic carbocycles. The van der Waals surface area contributed by atoms with Gasteiger partial charge in [-0.3, -0.25) is 4.79 Å². The van der Waals surface area contributed by atoms with E-state index < -0.39 is 10.0 Å². The third kappa shape index (κ3) is 5.66. The molecular formula is C21H24Cl2N2O4S. The van der Waals surface area contributed by atoms with Gasteiger partial charge in [0.1, 0.15) is 10.6 Å². The molecule has 0 saturated heterocycles. The summed E-state index contributed by atoms with van der Waals surface area (Å²) in [6.07, 6.45) is 4.16. The number of methoxy groups -OCH3 is 1. The number of halogens is 2. The Morgan fingerprint density at radius 1 is 1.13 bits per heavy atom. The molecule has 1 fully saturated rings. The predicted molar refractivity (Wildman–Crippen MR) is 118 cm³/mol. The van der Waals surface area contributed by atoms with Crippen molar-refractivity contribution in [2.75, 3.05) is 13.7 Å². The first-order valence-corrected chi connectivity index (χ1v) is 12.0. The van der Waals surface area contributed by atoms with E-state index in [4.69, 9.17) is 27.9 Å². The number of ether oxygens (including phenoxy) is 1. The fraction of sp³-hybridized carbons (Fsp3) is 0.381. The molecule has 30 heavy (non-hydrogen) atoms. The number of hydrogen-bond acceptors (Lipinski definition) is 4. The second-order valence-electron chi connectivity index (χ2n) is 7.21. The monoisotopic (exact) mass is 470 g/mol. The van der Waals surface area contributed by atoms with Crippen molar-refractivity contribution >= 4 is 39.1 Å². The van der Waals surface area contributed by atoms with Crippen LogP contribution in [-0.2, 0) is 16.4 Å². The van der Waals surface area contributed by atoms with E-state index >= 15 is 0 Å². The van der Waals surface area contributed by atoms with Crippen LogP contribution >= 0.6 is 23.2 Å². The van der Waals surface area contributed by atoms with Crippen molar-refractivity contribution < 1.29 is 17.9 Å². The lowest BCUT2D eigenvalue weighted by Gasteiger charge is -2.16. The van der Waals surface area contributed by atoms with Gasteiger partial charge in [-0.15, -0.1) is 0 Å². The van der Waals surface area contributed by atoms with Gasteiger partial charge in [-0.25, -0.2) is 13.1 Å². The largest absolute Gasteiger partial charge is 0.495 e. The molecule has 9 heteroatoms. The summed E-state index contributed by atoms with van der Waals surface area (Å²) < 4.78 is 33.7. The second kappa shape index (κ2) is 10.0. The third-order valence-electron chi connectivity index (χ3n) is 5.09. The van der Waals surface area contributed by atoms with Gasteiger partial charge in [0.25, 0.3) is 5.91 Å². The zero-order valence-corrected chi connectivity index (χ0v) is 18.9. The van der Waals surface area contributed by atoms with E-state index in [1.807, 2.05) is 6.07 Å². The Hall–Kier alpha value is -1.80. The van der Waals surface area contributed by atoms with E-state index in [9.17, 15) is 13.2 Å². The summed E-state index contributed by atoms with van der Waals surface area (Å²) in [5, 5.41) is 3.87.